The first-order chi connectivity index (χ1) is 6.06. The summed E-state index contributed by atoms with van der Waals surface area (Å²) in [6, 6.07) is 0. The summed E-state index contributed by atoms with van der Waals surface area (Å²) < 4.78 is 0. The van der Waals surface area contributed by atoms with Gasteiger partial charge in [0.05, 0.1) is 12.2 Å². The molecule has 4 N–H and O–H groups in total. The summed E-state index contributed by atoms with van der Waals surface area (Å²) in [6.07, 6.45) is -4.50. The van der Waals surface area contributed by atoms with E-state index < -0.39 is 24.4 Å². The molecule has 0 unspecified atom stereocenters. The van der Waals surface area contributed by atoms with Gasteiger partial charge in [0.2, 0.25) is 0 Å². The Kier molecular flexibility index (Phi) is 3.63. The average molecular weight is 191 g/mol. The van der Waals surface area contributed by atoms with Crippen LogP contribution in [0.3, 0.4) is 0 Å². The standard InChI is InChI=1S/C8H17NO4/c1-2-9-3-5(10)7(12)8(13)6(11)4-9/h5-8,10-13H,2-4H2,1H3/t5-,6+,7-,8-/m1/s1. The van der Waals surface area contributed by atoms with Crippen molar-refractivity contribution in [3.8, 4) is 0 Å². The van der Waals surface area contributed by atoms with E-state index in [-0.39, 0.29) is 13.1 Å². The molecule has 1 fully saturated rings. The molecule has 0 radical (unpaired) electrons. The minimum Gasteiger partial charge on any atom is -0.389 e. The monoisotopic (exact) mass is 191 g/mol. The minimum absolute atomic E-state index is 0.284. The third-order valence-electron chi connectivity index (χ3n) is 2.48. The van der Waals surface area contributed by atoms with E-state index in [0.717, 1.165) is 0 Å². The fraction of sp³-hybridized carbons (Fsp3) is 1.00. The lowest BCUT2D eigenvalue weighted by molar-refractivity contribution is -0.0894. The molecule has 0 spiro atoms. The third kappa shape index (κ3) is 2.38. The van der Waals surface area contributed by atoms with Gasteiger partial charge in [0.15, 0.2) is 0 Å². The Labute approximate surface area is 77.2 Å². The number of aliphatic hydroxyl groups is 4. The van der Waals surface area contributed by atoms with Crippen LogP contribution in [0.25, 0.3) is 0 Å². The van der Waals surface area contributed by atoms with Gasteiger partial charge in [0.1, 0.15) is 12.2 Å². The number of rotatable bonds is 1. The quantitative estimate of drug-likeness (QED) is 0.377. The van der Waals surface area contributed by atoms with E-state index in [4.69, 9.17) is 0 Å². The Morgan fingerprint density at radius 1 is 1.00 bits per heavy atom. The topological polar surface area (TPSA) is 84.2 Å². The number of β-amino-alcohol motifs (C(OH)–C–C–N with tert-alkyl or cyclic N) is 2. The van der Waals surface area contributed by atoms with E-state index >= 15 is 0 Å². The summed E-state index contributed by atoms with van der Waals surface area (Å²) in [6.45, 7) is 3.13. The molecule has 78 valence electrons. The smallest absolute Gasteiger partial charge is 0.110 e. The van der Waals surface area contributed by atoms with Crippen LogP contribution in [0.4, 0.5) is 0 Å². The van der Waals surface area contributed by atoms with Gasteiger partial charge in [-0.25, -0.2) is 0 Å². The maximum Gasteiger partial charge on any atom is 0.110 e. The Balaban J connectivity index is 2.66. The first-order valence-electron chi connectivity index (χ1n) is 4.51. The van der Waals surface area contributed by atoms with Crippen molar-refractivity contribution in [1.82, 2.24) is 4.90 Å². The second-order valence-electron chi connectivity index (χ2n) is 3.47. The highest BCUT2D eigenvalue weighted by Crippen LogP contribution is 2.12. The zero-order valence-corrected chi connectivity index (χ0v) is 7.67. The van der Waals surface area contributed by atoms with Crippen molar-refractivity contribution in [3.05, 3.63) is 0 Å². The van der Waals surface area contributed by atoms with Crippen molar-refractivity contribution in [2.45, 2.75) is 31.3 Å². The molecule has 4 atom stereocenters. The van der Waals surface area contributed by atoms with Gasteiger partial charge in [0.25, 0.3) is 0 Å². The van der Waals surface area contributed by atoms with E-state index in [9.17, 15) is 20.4 Å². The van der Waals surface area contributed by atoms with Crippen LogP contribution in [0.5, 0.6) is 0 Å². The minimum atomic E-state index is -1.26. The van der Waals surface area contributed by atoms with E-state index in [2.05, 4.69) is 0 Å². The van der Waals surface area contributed by atoms with E-state index in [1.165, 1.54) is 0 Å². The van der Waals surface area contributed by atoms with Gasteiger partial charge < -0.3 is 20.4 Å². The normalized spacial score (nSPS) is 43.2. The zero-order chi connectivity index (χ0) is 10.0. The molecule has 1 aliphatic heterocycles. The highest BCUT2D eigenvalue weighted by molar-refractivity contribution is 4.88. The largest absolute Gasteiger partial charge is 0.389 e. The van der Waals surface area contributed by atoms with Crippen LogP contribution in [-0.4, -0.2) is 69.4 Å². The third-order valence-corrected chi connectivity index (χ3v) is 2.48. The van der Waals surface area contributed by atoms with Crippen molar-refractivity contribution >= 4 is 0 Å². The molecule has 5 nitrogen and oxygen atoms in total. The molecule has 0 amide bonds. The SMILES string of the molecule is CCN1C[C@@H](O)[C@@H](O)[C@H](O)[C@@H](O)C1. The van der Waals surface area contributed by atoms with Crippen LogP contribution in [0, 0.1) is 0 Å². The summed E-state index contributed by atoms with van der Waals surface area (Å²) in [5, 5.41) is 37.4. The van der Waals surface area contributed by atoms with Gasteiger partial charge in [-0.15, -0.1) is 0 Å². The van der Waals surface area contributed by atoms with Crippen LogP contribution in [-0.2, 0) is 0 Å². The van der Waals surface area contributed by atoms with E-state index in [0.29, 0.717) is 6.54 Å². The van der Waals surface area contributed by atoms with Crippen molar-refractivity contribution < 1.29 is 20.4 Å². The van der Waals surface area contributed by atoms with Crippen LogP contribution >= 0.6 is 0 Å². The summed E-state index contributed by atoms with van der Waals surface area (Å²) in [5.41, 5.74) is 0. The lowest BCUT2D eigenvalue weighted by Gasteiger charge is -2.21. The first-order valence-corrected chi connectivity index (χ1v) is 4.51. The number of aliphatic hydroxyl groups excluding tert-OH is 4. The molecular weight excluding hydrogens is 174 g/mol. The number of likely N-dealkylation sites (N-methyl/N-ethyl adjacent to an activating group) is 1. The molecule has 0 aliphatic carbocycles. The lowest BCUT2D eigenvalue weighted by atomic mass is 10.1. The van der Waals surface area contributed by atoms with Crippen LogP contribution in [0.2, 0.25) is 0 Å². The highest BCUT2D eigenvalue weighted by Gasteiger charge is 2.35. The summed E-state index contributed by atoms with van der Waals surface area (Å²) >= 11 is 0. The molecular formula is C8H17NO4. The van der Waals surface area contributed by atoms with Gasteiger partial charge in [-0.05, 0) is 6.54 Å². The molecule has 0 aromatic carbocycles. The summed E-state index contributed by atoms with van der Waals surface area (Å²) in [5.74, 6) is 0. The molecule has 0 aromatic heterocycles. The molecule has 1 rings (SSSR count). The average Bonchev–Trinajstić information content (AvgIpc) is 2.20. The van der Waals surface area contributed by atoms with Crippen molar-refractivity contribution in [2.75, 3.05) is 19.6 Å². The number of hydrogen-bond acceptors (Lipinski definition) is 5. The Morgan fingerprint density at radius 2 is 1.38 bits per heavy atom. The lowest BCUT2D eigenvalue weighted by Crippen LogP contribution is -2.43. The molecule has 1 heterocycles. The number of hydrogen-bond donors (Lipinski definition) is 4. The second kappa shape index (κ2) is 4.34. The zero-order valence-electron chi connectivity index (χ0n) is 7.67. The maximum absolute atomic E-state index is 9.38. The molecule has 0 bridgehead atoms. The summed E-state index contributed by atoms with van der Waals surface area (Å²) in [4.78, 5) is 1.79. The molecule has 1 saturated heterocycles. The highest BCUT2D eigenvalue weighted by atomic mass is 16.4. The number of likely N-dealkylation sites (tertiary alicyclic amines) is 1. The maximum atomic E-state index is 9.38. The van der Waals surface area contributed by atoms with Crippen molar-refractivity contribution in [2.24, 2.45) is 0 Å². The Morgan fingerprint density at radius 3 is 1.69 bits per heavy atom. The molecule has 0 aromatic rings. The Hall–Kier alpha value is -0.200. The van der Waals surface area contributed by atoms with Crippen molar-refractivity contribution in [3.63, 3.8) is 0 Å². The van der Waals surface area contributed by atoms with Gasteiger partial charge >= 0.3 is 0 Å². The molecule has 0 saturated carbocycles. The van der Waals surface area contributed by atoms with Gasteiger partial charge in [-0.1, -0.05) is 6.92 Å². The van der Waals surface area contributed by atoms with Gasteiger partial charge in [-0.3, -0.25) is 4.90 Å². The van der Waals surface area contributed by atoms with Gasteiger partial charge in [-0.2, -0.15) is 0 Å². The van der Waals surface area contributed by atoms with Crippen LogP contribution in [0.1, 0.15) is 6.92 Å². The predicted octanol–water partition coefficient (Wildman–Crippen LogP) is -2.23. The van der Waals surface area contributed by atoms with E-state index in [1.807, 2.05) is 6.92 Å². The Bertz CT molecular complexity index is 150. The first kappa shape index (κ1) is 10.9. The second-order valence-corrected chi connectivity index (χ2v) is 3.47. The fourth-order valence-electron chi connectivity index (χ4n) is 1.53. The van der Waals surface area contributed by atoms with Crippen LogP contribution in [0.15, 0.2) is 0 Å². The fourth-order valence-corrected chi connectivity index (χ4v) is 1.53. The predicted molar refractivity (Wildman–Crippen MR) is 46.1 cm³/mol. The molecule has 5 heteroatoms. The molecule has 1 aliphatic rings. The summed E-state index contributed by atoms with van der Waals surface area (Å²) in [7, 11) is 0. The van der Waals surface area contributed by atoms with E-state index in [1.54, 1.807) is 4.90 Å². The van der Waals surface area contributed by atoms with Crippen LogP contribution < -0.4 is 0 Å². The molecule has 13 heavy (non-hydrogen) atoms. The number of nitrogens with zero attached hydrogens (tertiary/aromatic N) is 1. The van der Waals surface area contributed by atoms with Crippen molar-refractivity contribution in [1.29, 1.82) is 0 Å². The van der Waals surface area contributed by atoms with Gasteiger partial charge in [0, 0.05) is 13.1 Å².